The van der Waals surface area contributed by atoms with Crippen LogP contribution in [0.15, 0.2) is 163 Å². The molecule has 3 nitrogen and oxygen atoms in total. The van der Waals surface area contributed by atoms with Crippen LogP contribution in [0.25, 0.3) is 53.6 Å². The third kappa shape index (κ3) is 5.68. The smallest absolute Gasteiger partial charge is 0.147 e. The van der Waals surface area contributed by atoms with Gasteiger partial charge in [-0.1, -0.05) is 134 Å². The first-order valence-electron chi connectivity index (χ1n) is 16.9. The minimum absolute atomic E-state index is 0.202. The number of likely N-dealkylation sites (N-methyl/N-ethyl adjacent to an activating group) is 1. The normalized spacial score (nSPS) is 16.8. The summed E-state index contributed by atoms with van der Waals surface area (Å²) in [6.07, 6.45) is 19.1. The first kappa shape index (κ1) is 30.7. The Balaban J connectivity index is 1.22. The lowest BCUT2D eigenvalue weighted by atomic mass is 9.96. The van der Waals surface area contributed by atoms with Gasteiger partial charge in [-0.05, 0) is 65.8 Å². The van der Waals surface area contributed by atoms with Crippen molar-refractivity contribution in [3.8, 4) is 11.3 Å². The number of aliphatic imine (C=N–C) groups is 1. The number of benzene rings is 4. The van der Waals surface area contributed by atoms with Gasteiger partial charge in [0, 0.05) is 43.9 Å². The fourth-order valence-electron chi connectivity index (χ4n) is 7.00. The molecule has 238 valence electrons. The number of hydrogen-bond donors (Lipinski definition) is 0. The molecular weight excluding hydrogens is 615 g/mol. The summed E-state index contributed by atoms with van der Waals surface area (Å²) in [5.41, 5.74) is 11.1. The zero-order valence-electron chi connectivity index (χ0n) is 27.8. The van der Waals surface area contributed by atoms with Crippen molar-refractivity contribution in [3.63, 3.8) is 0 Å². The van der Waals surface area contributed by atoms with Gasteiger partial charge in [0.2, 0.25) is 0 Å². The maximum atomic E-state index is 5.33. The zero-order valence-corrected chi connectivity index (χ0v) is 28.6. The summed E-state index contributed by atoms with van der Waals surface area (Å²) in [7, 11) is 2.13. The zero-order chi connectivity index (χ0) is 33.3. The molecule has 0 bridgehead atoms. The number of nitrogens with zero attached hydrogens (tertiary/aromatic N) is 3. The average molecular weight is 652 g/mol. The monoisotopic (exact) mass is 651 g/mol. The van der Waals surface area contributed by atoms with E-state index in [0.717, 1.165) is 57.7 Å². The average Bonchev–Trinajstić information content (AvgIpc) is 3.55. The van der Waals surface area contributed by atoms with Crippen molar-refractivity contribution in [2.24, 2.45) is 4.99 Å². The summed E-state index contributed by atoms with van der Waals surface area (Å²) in [6.45, 7) is 6.04. The van der Waals surface area contributed by atoms with Crippen LogP contribution in [-0.2, 0) is 0 Å². The highest BCUT2D eigenvalue weighted by Gasteiger charge is 2.26. The minimum atomic E-state index is -0.202. The van der Waals surface area contributed by atoms with Gasteiger partial charge < -0.3 is 4.90 Å². The molecule has 2 aromatic heterocycles. The second kappa shape index (κ2) is 13.1. The summed E-state index contributed by atoms with van der Waals surface area (Å²) < 4.78 is 2.57. The molecule has 49 heavy (non-hydrogen) atoms. The lowest BCUT2D eigenvalue weighted by Gasteiger charge is -2.34. The van der Waals surface area contributed by atoms with E-state index in [4.69, 9.17) is 9.98 Å². The summed E-state index contributed by atoms with van der Waals surface area (Å²) >= 11 is 1.85. The minimum Gasteiger partial charge on any atom is -0.349 e. The van der Waals surface area contributed by atoms with Gasteiger partial charge in [-0.2, -0.15) is 0 Å². The first-order valence-corrected chi connectivity index (χ1v) is 17.7. The van der Waals surface area contributed by atoms with E-state index in [9.17, 15) is 0 Å². The molecule has 0 amide bonds. The molecule has 8 rings (SSSR count). The topological polar surface area (TPSA) is 28.5 Å². The molecule has 1 aliphatic heterocycles. The highest BCUT2D eigenvalue weighted by Crippen LogP contribution is 2.42. The van der Waals surface area contributed by atoms with Crippen LogP contribution in [-0.4, -0.2) is 28.8 Å². The second-order valence-electron chi connectivity index (χ2n) is 12.5. The van der Waals surface area contributed by atoms with Crippen LogP contribution in [0.1, 0.15) is 36.5 Å². The quantitative estimate of drug-likeness (QED) is 0.161. The van der Waals surface area contributed by atoms with E-state index in [1.165, 1.54) is 36.7 Å². The number of rotatable bonds is 7. The Hall–Kier alpha value is -5.58. The number of thiophene rings is 1. The van der Waals surface area contributed by atoms with E-state index in [1.54, 1.807) is 0 Å². The van der Waals surface area contributed by atoms with E-state index in [1.807, 2.05) is 24.3 Å². The van der Waals surface area contributed by atoms with Crippen molar-refractivity contribution >= 4 is 59.4 Å². The van der Waals surface area contributed by atoms with Gasteiger partial charge in [0.15, 0.2) is 0 Å². The Bertz CT molecular complexity index is 2410. The lowest BCUT2D eigenvalue weighted by Crippen LogP contribution is -2.34. The molecule has 0 saturated heterocycles. The molecule has 4 heteroatoms. The van der Waals surface area contributed by atoms with Gasteiger partial charge in [0.1, 0.15) is 6.17 Å². The molecule has 0 radical (unpaired) electrons. The molecule has 0 fully saturated rings. The van der Waals surface area contributed by atoms with E-state index < -0.39 is 0 Å². The third-order valence-electron chi connectivity index (χ3n) is 9.43. The highest BCUT2D eigenvalue weighted by atomic mass is 32.1. The largest absolute Gasteiger partial charge is 0.349 e. The Kier molecular flexibility index (Phi) is 8.24. The van der Waals surface area contributed by atoms with Crippen LogP contribution in [0.5, 0.6) is 0 Å². The molecule has 0 saturated carbocycles. The number of aromatic nitrogens is 1. The van der Waals surface area contributed by atoms with Crippen molar-refractivity contribution in [2.45, 2.75) is 25.9 Å². The van der Waals surface area contributed by atoms with Crippen molar-refractivity contribution in [2.75, 3.05) is 7.05 Å². The molecule has 4 aromatic carbocycles. The first-order chi connectivity index (χ1) is 24.1. The van der Waals surface area contributed by atoms with Gasteiger partial charge in [0.05, 0.1) is 16.9 Å². The maximum Gasteiger partial charge on any atom is 0.147 e. The van der Waals surface area contributed by atoms with Gasteiger partial charge in [-0.3, -0.25) is 4.99 Å². The number of hydrogen-bond acceptors (Lipinski definition) is 4. The molecule has 2 aliphatic rings. The lowest BCUT2D eigenvalue weighted by molar-refractivity contribution is 0.402. The predicted octanol–water partition coefficient (Wildman–Crippen LogP) is 11.8. The number of para-hydroxylation sites is 1. The van der Waals surface area contributed by atoms with Gasteiger partial charge in [-0.15, -0.1) is 11.3 Å². The predicted molar refractivity (Wildman–Crippen MR) is 212 cm³/mol. The standard InChI is InChI=1S/C45H37N3S/c1-4-13-35(14-5-2)45-47-39(29-40(48(45)3)33-25-21-31(22-26-33)30-15-7-6-8-16-30)32-23-27-34(28-24-32)43-42-37-18-10-12-20-41(37)49-44(42)36-17-9-11-19-38(36)46-43/h4-5,7,9-29,45H,1,6,8H2,2-3H3/b14-5-,35-13+. The summed E-state index contributed by atoms with van der Waals surface area (Å²) in [5, 5.41) is 3.68. The van der Waals surface area contributed by atoms with Crippen LogP contribution in [0.3, 0.4) is 0 Å². The van der Waals surface area contributed by atoms with Gasteiger partial charge >= 0.3 is 0 Å². The van der Waals surface area contributed by atoms with Crippen molar-refractivity contribution < 1.29 is 0 Å². The maximum absolute atomic E-state index is 5.33. The molecule has 0 N–H and O–H groups in total. The number of fused-ring (bicyclic) bond motifs is 5. The van der Waals surface area contributed by atoms with Gasteiger partial charge in [-0.25, -0.2) is 4.98 Å². The summed E-state index contributed by atoms with van der Waals surface area (Å²) in [6, 6.07) is 34.9. The fourth-order valence-corrected chi connectivity index (χ4v) is 8.23. The molecule has 6 aromatic rings. The van der Waals surface area contributed by atoms with Crippen molar-refractivity contribution in [1.29, 1.82) is 0 Å². The molecule has 1 aliphatic carbocycles. The molecule has 1 unspecified atom stereocenters. The van der Waals surface area contributed by atoms with Crippen LogP contribution in [0.4, 0.5) is 0 Å². The summed E-state index contributed by atoms with van der Waals surface area (Å²) in [5.74, 6) is 0. The molecule has 3 heterocycles. The van der Waals surface area contributed by atoms with Gasteiger partial charge in [0.25, 0.3) is 0 Å². The Labute approximate surface area is 292 Å². The van der Waals surface area contributed by atoms with E-state index >= 15 is 0 Å². The molecular formula is C45H37N3S. The third-order valence-corrected chi connectivity index (χ3v) is 10.6. The van der Waals surface area contributed by atoms with Crippen LogP contribution in [0, 0.1) is 0 Å². The number of pyridine rings is 1. The fraction of sp³-hybridized carbons (Fsp3) is 0.111. The van der Waals surface area contributed by atoms with Crippen LogP contribution in [0.2, 0.25) is 0 Å². The van der Waals surface area contributed by atoms with E-state index in [2.05, 4.69) is 158 Å². The van der Waals surface area contributed by atoms with E-state index in [0.29, 0.717) is 0 Å². The second-order valence-corrected chi connectivity index (χ2v) is 13.6. The molecule has 0 spiro atoms. The van der Waals surface area contributed by atoms with Crippen LogP contribution < -0.4 is 0 Å². The SMILES string of the molecule is C=C/C=C(\C=C/C)C1N=C(c2ccc(-c3nc4ccccc4c4sc5ccccc5c34)cc2)C=C(c2ccc(C3=CCCC=C3)cc2)N1C. The Morgan fingerprint density at radius 3 is 2.31 bits per heavy atom. The highest BCUT2D eigenvalue weighted by molar-refractivity contribution is 7.26. The summed E-state index contributed by atoms with van der Waals surface area (Å²) in [4.78, 5) is 12.8. The Morgan fingerprint density at radius 1 is 0.837 bits per heavy atom. The van der Waals surface area contributed by atoms with Crippen molar-refractivity contribution in [3.05, 3.63) is 175 Å². The van der Waals surface area contributed by atoms with Crippen LogP contribution >= 0.6 is 11.3 Å². The number of allylic oxidation sites excluding steroid dienone is 8. The molecule has 1 atom stereocenters. The van der Waals surface area contributed by atoms with Crippen molar-refractivity contribution in [1.82, 2.24) is 9.88 Å². The van der Waals surface area contributed by atoms with E-state index in [-0.39, 0.29) is 6.17 Å². The Morgan fingerprint density at radius 2 is 1.55 bits per heavy atom.